The topological polar surface area (TPSA) is 51.2 Å². The van der Waals surface area contributed by atoms with Crippen molar-refractivity contribution in [1.29, 1.82) is 0 Å². The van der Waals surface area contributed by atoms with Gasteiger partial charge < -0.3 is 0 Å². The van der Waals surface area contributed by atoms with E-state index in [4.69, 9.17) is 0 Å². The standard InChI is InChI=1S/C31H46O3.C3H8/c1-6-8-26(28(7-2)29(33)15-21(4)32)17-24-18-27-14-13-25(22(5)31(27)30(34)19-24)16-23-11-9-20(3)10-12-23;1-3-2/h13-14,20,23-24,26,28H,6-12,15-19H2,1-5H3;3H2,1-2H3. The molecule has 0 aromatic heterocycles. The molecule has 208 valence electrons. The molecule has 1 saturated carbocycles. The van der Waals surface area contributed by atoms with Crippen molar-refractivity contribution >= 4 is 17.3 Å². The Bertz CT molecular complexity index is 891. The third-order valence-corrected chi connectivity index (χ3v) is 8.71. The smallest absolute Gasteiger partial charge is 0.163 e. The molecule has 0 saturated heterocycles. The van der Waals surface area contributed by atoms with Crippen molar-refractivity contribution in [2.75, 3.05) is 0 Å². The molecule has 0 radical (unpaired) electrons. The van der Waals surface area contributed by atoms with E-state index in [9.17, 15) is 14.4 Å². The zero-order valence-corrected chi connectivity index (χ0v) is 25.0. The number of fused-ring (bicyclic) bond motifs is 1. The Morgan fingerprint density at radius 3 is 2.19 bits per heavy atom. The number of benzene rings is 1. The molecule has 1 aromatic rings. The summed E-state index contributed by atoms with van der Waals surface area (Å²) in [5.41, 5.74) is 4.78. The summed E-state index contributed by atoms with van der Waals surface area (Å²) in [6.07, 6.45) is 12.9. The van der Waals surface area contributed by atoms with Gasteiger partial charge in [0.05, 0.1) is 6.42 Å². The van der Waals surface area contributed by atoms with Crippen LogP contribution in [-0.2, 0) is 22.4 Å². The van der Waals surface area contributed by atoms with Crippen LogP contribution in [0.25, 0.3) is 0 Å². The first-order valence-corrected chi connectivity index (χ1v) is 15.3. The Kier molecular flexibility index (Phi) is 13.3. The van der Waals surface area contributed by atoms with Crippen molar-refractivity contribution in [3.05, 3.63) is 34.4 Å². The van der Waals surface area contributed by atoms with E-state index in [2.05, 4.69) is 53.7 Å². The van der Waals surface area contributed by atoms with Gasteiger partial charge in [0.1, 0.15) is 11.6 Å². The summed E-state index contributed by atoms with van der Waals surface area (Å²) in [6, 6.07) is 4.51. The van der Waals surface area contributed by atoms with Crippen LogP contribution in [-0.4, -0.2) is 17.3 Å². The molecule has 0 amide bonds. The van der Waals surface area contributed by atoms with E-state index in [0.29, 0.717) is 18.1 Å². The van der Waals surface area contributed by atoms with Crippen molar-refractivity contribution in [2.45, 2.75) is 132 Å². The molecule has 0 aliphatic heterocycles. The van der Waals surface area contributed by atoms with Gasteiger partial charge in [0, 0.05) is 17.9 Å². The molecule has 0 spiro atoms. The summed E-state index contributed by atoms with van der Waals surface area (Å²) >= 11 is 0. The molecule has 0 bridgehead atoms. The van der Waals surface area contributed by atoms with Gasteiger partial charge in [-0.15, -0.1) is 0 Å². The highest BCUT2D eigenvalue weighted by molar-refractivity contribution is 6.00. The molecule has 3 heteroatoms. The van der Waals surface area contributed by atoms with E-state index < -0.39 is 0 Å². The Hall–Kier alpha value is -1.77. The van der Waals surface area contributed by atoms with E-state index in [0.717, 1.165) is 55.9 Å². The van der Waals surface area contributed by atoms with Crippen LogP contribution in [0.2, 0.25) is 0 Å². The number of rotatable bonds is 11. The molecule has 3 nitrogen and oxygen atoms in total. The summed E-state index contributed by atoms with van der Waals surface area (Å²) in [4.78, 5) is 37.7. The second kappa shape index (κ2) is 15.6. The van der Waals surface area contributed by atoms with Gasteiger partial charge in [-0.3, -0.25) is 14.4 Å². The van der Waals surface area contributed by atoms with Gasteiger partial charge in [0.2, 0.25) is 0 Å². The van der Waals surface area contributed by atoms with Gasteiger partial charge in [-0.2, -0.15) is 0 Å². The van der Waals surface area contributed by atoms with Gasteiger partial charge in [-0.25, -0.2) is 0 Å². The second-order valence-electron chi connectivity index (χ2n) is 12.3. The molecule has 0 heterocycles. The van der Waals surface area contributed by atoms with Crippen LogP contribution < -0.4 is 0 Å². The van der Waals surface area contributed by atoms with Gasteiger partial charge in [-0.05, 0) is 92.7 Å². The van der Waals surface area contributed by atoms with Crippen LogP contribution >= 0.6 is 0 Å². The first-order valence-electron chi connectivity index (χ1n) is 15.3. The van der Waals surface area contributed by atoms with Crippen molar-refractivity contribution in [2.24, 2.45) is 29.6 Å². The van der Waals surface area contributed by atoms with Crippen LogP contribution in [0.5, 0.6) is 0 Å². The minimum atomic E-state index is -0.0670. The van der Waals surface area contributed by atoms with Crippen LogP contribution in [0, 0.1) is 36.5 Å². The van der Waals surface area contributed by atoms with Gasteiger partial charge in [0.15, 0.2) is 5.78 Å². The average molecular weight is 511 g/mol. The first kappa shape index (κ1) is 31.4. The fourth-order valence-corrected chi connectivity index (χ4v) is 6.83. The highest BCUT2D eigenvalue weighted by Gasteiger charge is 2.33. The van der Waals surface area contributed by atoms with Crippen molar-refractivity contribution in [3.8, 4) is 0 Å². The quantitative estimate of drug-likeness (QED) is 0.279. The van der Waals surface area contributed by atoms with Crippen molar-refractivity contribution in [1.82, 2.24) is 0 Å². The lowest BCUT2D eigenvalue weighted by Gasteiger charge is -2.32. The SMILES string of the molecule is CCC.CCCC(CC1CC(=O)c2c(ccc(CC3CCC(C)CC3)c2C)C1)C(CC)C(=O)CC(C)=O. The van der Waals surface area contributed by atoms with Gasteiger partial charge in [-0.1, -0.05) is 78.9 Å². The molecule has 1 fully saturated rings. The van der Waals surface area contributed by atoms with Crippen molar-refractivity contribution < 1.29 is 14.4 Å². The predicted octanol–water partition coefficient (Wildman–Crippen LogP) is 8.91. The summed E-state index contributed by atoms with van der Waals surface area (Å²) in [5, 5.41) is 0. The van der Waals surface area contributed by atoms with Crippen LogP contribution in [0.15, 0.2) is 12.1 Å². The molecule has 1 aromatic carbocycles. The Morgan fingerprint density at radius 2 is 1.62 bits per heavy atom. The van der Waals surface area contributed by atoms with Crippen LogP contribution in [0.4, 0.5) is 0 Å². The highest BCUT2D eigenvalue weighted by Crippen LogP contribution is 2.38. The van der Waals surface area contributed by atoms with Gasteiger partial charge in [0.25, 0.3) is 0 Å². The van der Waals surface area contributed by atoms with E-state index >= 15 is 0 Å². The molecular weight excluding hydrogens is 456 g/mol. The maximum atomic E-state index is 13.4. The molecule has 2 aliphatic rings. The third-order valence-electron chi connectivity index (χ3n) is 8.71. The summed E-state index contributed by atoms with van der Waals surface area (Å²) in [7, 11) is 0. The predicted molar refractivity (Wildman–Crippen MR) is 155 cm³/mol. The first-order chi connectivity index (χ1) is 17.6. The number of ketones is 3. The number of Topliss-reactive ketones (excluding diaryl/α,β-unsaturated/α-hetero) is 3. The third kappa shape index (κ3) is 9.18. The maximum Gasteiger partial charge on any atom is 0.163 e. The number of hydrogen-bond acceptors (Lipinski definition) is 3. The monoisotopic (exact) mass is 510 g/mol. The Morgan fingerprint density at radius 1 is 0.973 bits per heavy atom. The summed E-state index contributed by atoms with van der Waals surface area (Å²) in [6.45, 7) is 14.5. The lowest BCUT2D eigenvalue weighted by Crippen LogP contribution is -2.30. The fraction of sp³-hybridized carbons (Fsp3) is 0.735. The average Bonchev–Trinajstić information content (AvgIpc) is 2.82. The van der Waals surface area contributed by atoms with Crippen LogP contribution in [0.3, 0.4) is 0 Å². The summed E-state index contributed by atoms with van der Waals surface area (Å²) in [5.74, 6) is 2.44. The zero-order chi connectivity index (χ0) is 27.5. The molecule has 3 rings (SSSR count). The lowest BCUT2D eigenvalue weighted by atomic mass is 9.71. The highest BCUT2D eigenvalue weighted by atomic mass is 16.1. The Labute approximate surface area is 227 Å². The molecule has 3 unspecified atom stereocenters. The van der Waals surface area contributed by atoms with Crippen LogP contribution in [0.1, 0.15) is 139 Å². The molecule has 2 aliphatic carbocycles. The van der Waals surface area contributed by atoms with E-state index in [1.807, 2.05) is 0 Å². The minimum absolute atomic E-state index is 0.0468. The van der Waals surface area contributed by atoms with E-state index in [-0.39, 0.29) is 29.8 Å². The molecule has 3 atom stereocenters. The van der Waals surface area contributed by atoms with E-state index in [1.54, 1.807) is 0 Å². The van der Waals surface area contributed by atoms with Crippen molar-refractivity contribution in [3.63, 3.8) is 0 Å². The molecule has 37 heavy (non-hydrogen) atoms. The Balaban J connectivity index is 0.00000153. The number of carbonyl (C=O) groups excluding carboxylic acids is 3. The van der Waals surface area contributed by atoms with E-state index in [1.165, 1.54) is 55.7 Å². The number of carbonyl (C=O) groups is 3. The zero-order valence-electron chi connectivity index (χ0n) is 25.0. The number of hydrogen-bond donors (Lipinski definition) is 0. The maximum absolute atomic E-state index is 13.4. The molecular formula is C34H54O3. The summed E-state index contributed by atoms with van der Waals surface area (Å²) < 4.78 is 0. The normalized spacial score (nSPS) is 22.9. The fourth-order valence-electron chi connectivity index (χ4n) is 6.83. The lowest BCUT2D eigenvalue weighted by molar-refractivity contribution is -0.129. The second-order valence-corrected chi connectivity index (χ2v) is 12.3. The molecule has 0 N–H and O–H groups in total. The minimum Gasteiger partial charge on any atom is -0.300 e. The largest absolute Gasteiger partial charge is 0.300 e. The van der Waals surface area contributed by atoms with Gasteiger partial charge >= 0.3 is 0 Å².